The lowest BCUT2D eigenvalue weighted by atomic mass is 10.1. The van der Waals surface area contributed by atoms with Crippen molar-refractivity contribution in [2.45, 2.75) is 0 Å². The second kappa shape index (κ2) is 12.3. The Morgan fingerprint density at radius 3 is 2.46 bits per heavy atom. The Hall–Kier alpha value is -3.51. The Bertz CT molecular complexity index is 1320. The van der Waals surface area contributed by atoms with Crippen LogP contribution in [-0.2, 0) is 9.59 Å². The highest BCUT2D eigenvalue weighted by Gasteiger charge is 2.16. The Balaban J connectivity index is 1.74. The van der Waals surface area contributed by atoms with Gasteiger partial charge in [-0.15, -0.1) is 0 Å². The third kappa shape index (κ3) is 7.23. The first kappa shape index (κ1) is 26.1. The van der Waals surface area contributed by atoms with Crippen molar-refractivity contribution in [3.63, 3.8) is 0 Å². The fraction of sp³-hybridized carbons (Fsp3) is 0.0800. The van der Waals surface area contributed by atoms with Crippen LogP contribution in [0.15, 0.2) is 70.7 Å². The standard InChI is InChI=1S/C25H18BrCl2N3O4/c1-34-22-12-15(10-16(13-29)25(33)30-18-8-6-17(27)7-9-18)11-19(26)24(22)35-14-23(32)31-21-5-3-2-4-20(21)28/h2-12H,14H2,1H3,(H,30,33)(H,31,32)/b16-10-. The summed E-state index contributed by atoms with van der Waals surface area (Å²) in [4.78, 5) is 24.8. The average Bonchev–Trinajstić information content (AvgIpc) is 2.84. The van der Waals surface area contributed by atoms with E-state index in [0.29, 0.717) is 37.2 Å². The third-order valence-electron chi connectivity index (χ3n) is 4.53. The van der Waals surface area contributed by atoms with E-state index >= 15 is 0 Å². The number of anilines is 2. The number of nitrogens with zero attached hydrogens (tertiary/aromatic N) is 1. The van der Waals surface area contributed by atoms with Crippen LogP contribution in [0.5, 0.6) is 11.5 Å². The number of hydrogen-bond donors (Lipinski definition) is 2. The van der Waals surface area contributed by atoms with Crippen molar-refractivity contribution in [1.82, 2.24) is 0 Å². The molecular formula is C25H18BrCl2N3O4. The molecule has 0 heterocycles. The fourth-order valence-electron chi connectivity index (χ4n) is 2.90. The van der Waals surface area contributed by atoms with Crippen LogP contribution in [0.3, 0.4) is 0 Å². The van der Waals surface area contributed by atoms with E-state index in [1.54, 1.807) is 60.7 Å². The van der Waals surface area contributed by atoms with Crippen LogP contribution in [0.2, 0.25) is 10.0 Å². The normalized spacial score (nSPS) is 10.8. The second-order valence-corrected chi connectivity index (χ2v) is 8.68. The Labute approximate surface area is 220 Å². The second-order valence-electron chi connectivity index (χ2n) is 6.98. The van der Waals surface area contributed by atoms with Gasteiger partial charge in [0.05, 0.1) is 22.3 Å². The number of nitrogens with one attached hydrogen (secondary N) is 2. The summed E-state index contributed by atoms with van der Waals surface area (Å²) in [5, 5.41) is 15.7. The van der Waals surface area contributed by atoms with Gasteiger partial charge in [-0.2, -0.15) is 5.26 Å². The molecule has 3 aromatic carbocycles. The van der Waals surface area contributed by atoms with Gasteiger partial charge in [-0.25, -0.2) is 0 Å². The van der Waals surface area contributed by atoms with E-state index in [1.807, 2.05) is 6.07 Å². The quantitative estimate of drug-likeness (QED) is 0.242. The summed E-state index contributed by atoms with van der Waals surface area (Å²) < 4.78 is 11.5. The maximum atomic E-state index is 12.5. The van der Waals surface area contributed by atoms with Crippen LogP contribution in [0.4, 0.5) is 11.4 Å². The SMILES string of the molecule is COc1cc(/C=C(/C#N)C(=O)Nc2ccc(Cl)cc2)cc(Br)c1OCC(=O)Nc1ccccc1Cl. The third-order valence-corrected chi connectivity index (χ3v) is 5.70. The summed E-state index contributed by atoms with van der Waals surface area (Å²) >= 11 is 15.3. The predicted octanol–water partition coefficient (Wildman–Crippen LogP) is 6.33. The number of carbonyl (C=O) groups is 2. The zero-order valence-corrected chi connectivity index (χ0v) is 21.4. The van der Waals surface area contributed by atoms with Crippen LogP contribution < -0.4 is 20.1 Å². The molecule has 0 aliphatic carbocycles. The van der Waals surface area contributed by atoms with E-state index < -0.39 is 11.8 Å². The van der Waals surface area contributed by atoms with E-state index in [4.69, 9.17) is 32.7 Å². The Morgan fingerprint density at radius 2 is 1.80 bits per heavy atom. The molecule has 0 saturated heterocycles. The minimum Gasteiger partial charge on any atom is -0.493 e. The van der Waals surface area contributed by atoms with Crippen molar-refractivity contribution >= 4 is 68.4 Å². The van der Waals surface area contributed by atoms with E-state index in [9.17, 15) is 14.9 Å². The number of benzene rings is 3. The topological polar surface area (TPSA) is 100 Å². The van der Waals surface area contributed by atoms with Crippen molar-refractivity contribution in [3.05, 3.63) is 86.3 Å². The largest absolute Gasteiger partial charge is 0.493 e. The lowest BCUT2D eigenvalue weighted by molar-refractivity contribution is -0.118. The van der Waals surface area contributed by atoms with Gasteiger partial charge >= 0.3 is 0 Å². The van der Waals surface area contributed by atoms with Gasteiger partial charge in [0, 0.05) is 10.7 Å². The zero-order chi connectivity index (χ0) is 25.4. The number of methoxy groups -OCH3 is 1. The summed E-state index contributed by atoms with van der Waals surface area (Å²) in [6.45, 7) is -0.303. The molecule has 0 unspecified atom stereocenters. The summed E-state index contributed by atoms with van der Waals surface area (Å²) in [5.41, 5.74) is 1.35. The van der Waals surface area contributed by atoms with E-state index in [2.05, 4.69) is 26.6 Å². The number of hydrogen-bond acceptors (Lipinski definition) is 5. The zero-order valence-electron chi connectivity index (χ0n) is 18.3. The lowest BCUT2D eigenvalue weighted by Gasteiger charge is -2.14. The minimum absolute atomic E-state index is 0.123. The number of nitriles is 1. The van der Waals surface area contributed by atoms with Gasteiger partial charge in [0.1, 0.15) is 11.6 Å². The molecule has 3 rings (SSSR count). The first-order valence-corrected chi connectivity index (χ1v) is 11.6. The van der Waals surface area contributed by atoms with Gasteiger partial charge < -0.3 is 20.1 Å². The van der Waals surface area contributed by atoms with E-state index in [0.717, 1.165) is 0 Å². The highest BCUT2D eigenvalue weighted by Crippen LogP contribution is 2.37. The number of para-hydroxylation sites is 1. The van der Waals surface area contributed by atoms with Crippen LogP contribution >= 0.6 is 39.1 Å². The average molecular weight is 575 g/mol. The molecule has 178 valence electrons. The molecule has 0 atom stereocenters. The number of rotatable bonds is 8. The molecule has 10 heteroatoms. The van der Waals surface area contributed by atoms with Crippen molar-refractivity contribution in [2.75, 3.05) is 24.4 Å². The molecule has 7 nitrogen and oxygen atoms in total. The maximum absolute atomic E-state index is 12.5. The molecule has 0 aromatic heterocycles. The molecule has 0 bridgehead atoms. The van der Waals surface area contributed by atoms with Gasteiger partial charge in [-0.1, -0.05) is 35.3 Å². The van der Waals surface area contributed by atoms with Crippen LogP contribution in [0.25, 0.3) is 6.08 Å². The molecule has 0 saturated carbocycles. The monoisotopic (exact) mass is 573 g/mol. The smallest absolute Gasteiger partial charge is 0.266 e. The minimum atomic E-state index is -0.582. The van der Waals surface area contributed by atoms with Crippen molar-refractivity contribution in [2.24, 2.45) is 0 Å². The Kier molecular flexibility index (Phi) is 9.15. The van der Waals surface area contributed by atoms with Crippen molar-refractivity contribution in [3.8, 4) is 17.6 Å². The molecule has 2 N–H and O–H groups in total. The van der Waals surface area contributed by atoms with Gasteiger partial charge in [-0.3, -0.25) is 9.59 Å². The molecule has 0 fully saturated rings. The molecule has 3 aromatic rings. The summed E-state index contributed by atoms with van der Waals surface area (Å²) in [7, 11) is 1.43. The molecule has 0 radical (unpaired) electrons. The summed E-state index contributed by atoms with van der Waals surface area (Å²) in [6, 6.07) is 18.5. The van der Waals surface area contributed by atoms with Gasteiger partial charge in [0.15, 0.2) is 18.1 Å². The van der Waals surface area contributed by atoms with Crippen LogP contribution in [0.1, 0.15) is 5.56 Å². The number of amides is 2. The number of halogens is 3. The van der Waals surface area contributed by atoms with Crippen molar-refractivity contribution in [1.29, 1.82) is 5.26 Å². The molecule has 0 aliphatic rings. The lowest BCUT2D eigenvalue weighted by Crippen LogP contribution is -2.20. The maximum Gasteiger partial charge on any atom is 0.266 e. The molecule has 35 heavy (non-hydrogen) atoms. The summed E-state index contributed by atoms with van der Waals surface area (Å²) in [6.07, 6.45) is 1.41. The van der Waals surface area contributed by atoms with Crippen LogP contribution in [-0.4, -0.2) is 25.5 Å². The van der Waals surface area contributed by atoms with Crippen molar-refractivity contribution < 1.29 is 19.1 Å². The summed E-state index contributed by atoms with van der Waals surface area (Å²) in [5.74, 6) is -0.419. The molecule has 0 spiro atoms. The fourth-order valence-corrected chi connectivity index (χ4v) is 3.78. The first-order valence-electron chi connectivity index (χ1n) is 10.0. The first-order chi connectivity index (χ1) is 16.8. The van der Waals surface area contributed by atoms with Gasteiger partial charge in [0.2, 0.25) is 0 Å². The highest BCUT2D eigenvalue weighted by atomic mass is 79.9. The predicted molar refractivity (Wildman–Crippen MR) is 140 cm³/mol. The Morgan fingerprint density at radius 1 is 1.09 bits per heavy atom. The molecule has 2 amide bonds. The van der Waals surface area contributed by atoms with Gasteiger partial charge in [0.25, 0.3) is 11.8 Å². The number of ether oxygens (including phenoxy) is 2. The van der Waals surface area contributed by atoms with E-state index in [-0.39, 0.29) is 17.9 Å². The van der Waals surface area contributed by atoms with Crippen LogP contribution in [0, 0.1) is 11.3 Å². The highest BCUT2D eigenvalue weighted by molar-refractivity contribution is 9.10. The van der Waals surface area contributed by atoms with Gasteiger partial charge in [-0.05, 0) is 76.1 Å². The molecular weight excluding hydrogens is 557 g/mol. The number of carbonyl (C=O) groups excluding carboxylic acids is 2. The molecule has 0 aliphatic heterocycles. The van der Waals surface area contributed by atoms with E-state index in [1.165, 1.54) is 13.2 Å².